The average Bonchev–Trinajstić information content (AvgIpc) is 2.45. The van der Waals surface area contributed by atoms with Gasteiger partial charge in [0.15, 0.2) is 0 Å². The monoisotopic (exact) mass is 277 g/mol. The Morgan fingerprint density at radius 2 is 2.20 bits per heavy atom. The molecule has 112 valence electrons. The van der Waals surface area contributed by atoms with Gasteiger partial charge in [-0.25, -0.2) is 0 Å². The second-order valence-electron chi connectivity index (χ2n) is 6.07. The van der Waals surface area contributed by atoms with Crippen molar-refractivity contribution < 1.29 is 9.84 Å². The molecule has 1 saturated carbocycles. The lowest BCUT2D eigenvalue weighted by molar-refractivity contribution is -0.127. The van der Waals surface area contributed by atoms with Gasteiger partial charge in [-0.15, -0.1) is 0 Å². The van der Waals surface area contributed by atoms with E-state index in [1.54, 1.807) is 6.07 Å². The molecule has 1 fully saturated rings. The second kappa shape index (κ2) is 6.15. The summed E-state index contributed by atoms with van der Waals surface area (Å²) in [7, 11) is 0. The lowest BCUT2D eigenvalue weighted by Crippen LogP contribution is -2.62. The number of hydrogen-bond donors (Lipinski definition) is 2. The van der Waals surface area contributed by atoms with Crippen molar-refractivity contribution in [3.8, 4) is 5.75 Å². The van der Waals surface area contributed by atoms with E-state index in [1.165, 1.54) is 0 Å². The van der Waals surface area contributed by atoms with Gasteiger partial charge >= 0.3 is 0 Å². The topological polar surface area (TPSA) is 41.5 Å². The Hall–Kier alpha value is -1.06. The van der Waals surface area contributed by atoms with Crippen LogP contribution in [0.3, 0.4) is 0 Å². The molecule has 2 N–H and O–H groups in total. The second-order valence-corrected chi connectivity index (χ2v) is 6.07. The standard InChI is InChI=1S/C17H27NO2/c1-5-17(4)15(11-16(17)20-6-2)18-12(3)13-8-7-9-14(19)10-13/h7-10,12,15-16,18-19H,5-6,11H2,1-4H3. The predicted molar refractivity (Wildman–Crippen MR) is 81.9 cm³/mol. The Morgan fingerprint density at radius 1 is 1.45 bits per heavy atom. The van der Waals surface area contributed by atoms with Crippen molar-refractivity contribution in [1.29, 1.82) is 0 Å². The molecule has 1 aliphatic rings. The molecule has 1 aliphatic carbocycles. The lowest BCUT2D eigenvalue weighted by atomic mass is 9.61. The van der Waals surface area contributed by atoms with Crippen LogP contribution in [0.1, 0.15) is 52.1 Å². The Morgan fingerprint density at radius 3 is 2.80 bits per heavy atom. The quantitative estimate of drug-likeness (QED) is 0.834. The van der Waals surface area contributed by atoms with Gasteiger partial charge in [0.25, 0.3) is 0 Å². The maximum atomic E-state index is 9.58. The zero-order valence-electron chi connectivity index (χ0n) is 13.0. The molecule has 0 spiro atoms. The van der Waals surface area contributed by atoms with Gasteiger partial charge in [0.2, 0.25) is 0 Å². The van der Waals surface area contributed by atoms with Crippen LogP contribution in [-0.4, -0.2) is 23.9 Å². The van der Waals surface area contributed by atoms with E-state index in [2.05, 4.69) is 39.1 Å². The molecule has 0 saturated heterocycles. The van der Waals surface area contributed by atoms with E-state index < -0.39 is 0 Å². The Balaban J connectivity index is 2.00. The Labute approximate surface area is 122 Å². The molecule has 20 heavy (non-hydrogen) atoms. The first-order valence-corrected chi connectivity index (χ1v) is 7.67. The summed E-state index contributed by atoms with van der Waals surface area (Å²) in [5.74, 6) is 0.329. The molecule has 2 rings (SSSR count). The van der Waals surface area contributed by atoms with Crippen molar-refractivity contribution >= 4 is 0 Å². The maximum Gasteiger partial charge on any atom is 0.115 e. The largest absolute Gasteiger partial charge is 0.508 e. The number of phenols is 1. The van der Waals surface area contributed by atoms with Crippen molar-refractivity contribution in [2.45, 2.75) is 58.7 Å². The van der Waals surface area contributed by atoms with Crippen molar-refractivity contribution in [1.82, 2.24) is 5.32 Å². The SMILES string of the molecule is CCOC1CC(NC(C)c2cccc(O)c2)C1(C)CC. The summed E-state index contributed by atoms with van der Waals surface area (Å²) in [5.41, 5.74) is 1.34. The molecule has 1 aromatic rings. The fraction of sp³-hybridized carbons (Fsp3) is 0.647. The van der Waals surface area contributed by atoms with Crippen molar-refractivity contribution in [3.05, 3.63) is 29.8 Å². The highest BCUT2D eigenvalue weighted by Crippen LogP contribution is 2.46. The number of benzene rings is 1. The van der Waals surface area contributed by atoms with E-state index in [9.17, 15) is 5.11 Å². The highest BCUT2D eigenvalue weighted by molar-refractivity contribution is 5.29. The van der Waals surface area contributed by atoms with E-state index in [0.717, 1.165) is 25.0 Å². The molecule has 0 aliphatic heterocycles. The van der Waals surface area contributed by atoms with E-state index in [4.69, 9.17) is 4.74 Å². The van der Waals surface area contributed by atoms with Crippen LogP contribution < -0.4 is 5.32 Å². The van der Waals surface area contributed by atoms with Gasteiger partial charge in [-0.3, -0.25) is 0 Å². The van der Waals surface area contributed by atoms with Crippen LogP contribution >= 0.6 is 0 Å². The maximum absolute atomic E-state index is 9.58. The van der Waals surface area contributed by atoms with Gasteiger partial charge in [-0.1, -0.05) is 26.0 Å². The summed E-state index contributed by atoms with van der Waals surface area (Å²) >= 11 is 0. The molecule has 1 aromatic carbocycles. The minimum absolute atomic E-state index is 0.209. The lowest BCUT2D eigenvalue weighted by Gasteiger charge is -2.54. The zero-order chi connectivity index (χ0) is 14.8. The fourth-order valence-corrected chi connectivity index (χ4v) is 3.20. The minimum atomic E-state index is 0.209. The van der Waals surface area contributed by atoms with E-state index in [-0.39, 0.29) is 11.5 Å². The third-order valence-electron chi connectivity index (χ3n) is 4.93. The summed E-state index contributed by atoms with van der Waals surface area (Å²) in [6.45, 7) is 9.54. The molecule has 4 unspecified atom stereocenters. The zero-order valence-corrected chi connectivity index (χ0v) is 13.0. The highest BCUT2D eigenvalue weighted by Gasteiger charge is 2.51. The first-order chi connectivity index (χ1) is 9.51. The highest BCUT2D eigenvalue weighted by atomic mass is 16.5. The first kappa shape index (κ1) is 15.3. The van der Waals surface area contributed by atoms with E-state index >= 15 is 0 Å². The number of aromatic hydroxyl groups is 1. The average molecular weight is 277 g/mol. The number of nitrogens with one attached hydrogen (secondary N) is 1. The predicted octanol–water partition coefficient (Wildman–Crippen LogP) is 3.64. The van der Waals surface area contributed by atoms with Crippen LogP contribution in [0.15, 0.2) is 24.3 Å². The molecular weight excluding hydrogens is 250 g/mol. The van der Waals surface area contributed by atoms with Gasteiger partial charge in [-0.05, 0) is 44.4 Å². The summed E-state index contributed by atoms with van der Waals surface area (Å²) in [6.07, 6.45) is 2.55. The van der Waals surface area contributed by atoms with Gasteiger partial charge in [-0.2, -0.15) is 0 Å². The van der Waals surface area contributed by atoms with Gasteiger partial charge < -0.3 is 15.2 Å². The fourth-order valence-electron chi connectivity index (χ4n) is 3.20. The molecule has 4 atom stereocenters. The van der Waals surface area contributed by atoms with Crippen molar-refractivity contribution in [3.63, 3.8) is 0 Å². The van der Waals surface area contributed by atoms with Gasteiger partial charge in [0.05, 0.1) is 6.10 Å². The Bertz CT molecular complexity index is 448. The van der Waals surface area contributed by atoms with Gasteiger partial charge in [0.1, 0.15) is 5.75 Å². The number of hydrogen-bond acceptors (Lipinski definition) is 3. The van der Waals surface area contributed by atoms with Crippen LogP contribution in [0.5, 0.6) is 5.75 Å². The number of phenolic OH excluding ortho intramolecular Hbond substituents is 1. The van der Waals surface area contributed by atoms with Crippen molar-refractivity contribution in [2.24, 2.45) is 5.41 Å². The molecule has 0 heterocycles. The van der Waals surface area contributed by atoms with Crippen molar-refractivity contribution in [2.75, 3.05) is 6.61 Å². The number of ether oxygens (including phenoxy) is 1. The third kappa shape index (κ3) is 2.84. The van der Waals surface area contributed by atoms with Gasteiger partial charge in [0, 0.05) is 24.1 Å². The summed E-state index contributed by atoms with van der Waals surface area (Å²) in [5, 5.41) is 13.3. The summed E-state index contributed by atoms with van der Waals surface area (Å²) in [6, 6.07) is 8.20. The summed E-state index contributed by atoms with van der Waals surface area (Å²) in [4.78, 5) is 0. The molecule has 0 bridgehead atoms. The Kier molecular flexibility index (Phi) is 4.71. The first-order valence-electron chi connectivity index (χ1n) is 7.67. The van der Waals surface area contributed by atoms with Crippen LogP contribution in [0.25, 0.3) is 0 Å². The van der Waals surface area contributed by atoms with Crippen LogP contribution in [0, 0.1) is 5.41 Å². The molecule has 0 radical (unpaired) electrons. The van der Waals surface area contributed by atoms with Crippen LogP contribution in [-0.2, 0) is 4.74 Å². The normalized spacial score (nSPS) is 30.8. The molecule has 3 heteroatoms. The summed E-state index contributed by atoms with van der Waals surface area (Å²) < 4.78 is 5.84. The van der Waals surface area contributed by atoms with Crippen LogP contribution in [0.2, 0.25) is 0 Å². The number of rotatable bonds is 6. The molecule has 3 nitrogen and oxygen atoms in total. The molecular formula is C17H27NO2. The smallest absolute Gasteiger partial charge is 0.115 e. The van der Waals surface area contributed by atoms with Crippen LogP contribution in [0.4, 0.5) is 0 Å². The van der Waals surface area contributed by atoms with E-state index in [0.29, 0.717) is 17.9 Å². The molecule has 0 amide bonds. The minimum Gasteiger partial charge on any atom is -0.508 e. The van der Waals surface area contributed by atoms with E-state index in [1.807, 2.05) is 12.1 Å². The molecule has 0 aromatic heterocycles. The third-order valence-corrected chi connectivity index (χ3v) is 4.93.